The van der Waals surface area contributed by atoms with E-state index in [1.807, 2.05) is 36.4 Å². The highest BCUT2D eigenvalue weighted by atomic mass is 19.1. The van der Waals surface area contributed by atoms with Gasteiger partial charge in [0.25, 0.3) is 0 Å². The van der Waals surface area contributed by atoms with E-state index in [2.05, 4.69) is 33.7 Å². The zero-order valence-electron chi connectivity index (χ0n) is 19.8. The second-order valence-corrected chi connectivity index (χ2v) is 9.28. The van der Waals surface area contributed by atoms with Crippen molar-refractivity contribution in [1.82, 2.24) is 14.5 Å². The molecule has 4 aromatic rings. The molecule has 0 aliphatic carbocycles. The molecule has 1 aliphatic heterocycles. The first-order valence-corrected chi connectivity index (χ1v) is 12.2. The standard InChI is InChI=1S/C29H32FN3O/c1-34-25-12-10-22(11-13-25)14-17-32-18-15-23(16-19-32)20-29-31-27-8-4-5-9-28(27)33(29)21-24-6-2-3-7-26(24)30/h2-13,23H,14-21H2,1H3. The molecule has 1 fully saturated rings. The largest absolute Gasteiger partial charge is 0.497 e. The summed E-state index contributed by atoms with van der Waals surface area (Å²) in [4.78, 5) is 7.53. The molecule has 1 aliphatic rings. The topological polar surface area (TPSA) is 30.3 Å². The molecule has 5 heteroatoms. The van der Waals surface area contributed by atoms with E-state index in [0.29, 0.717) is 18.0 Å². The van der Waals surface area contributed by atoms with Crippen LogP contribution in [-0.2, 0) is 19.4 Å². The summed E-state index contributed by atoms with van der Waals surface area (Å²) >= 11 is 0. The number of hydrogen-bond acceptors (Lipinski definition) is 3. The SMILES string of the molecule is COc1ccc(CCN2CCC(Cc3nc4ccccc4n3Cc3ccccc3F)CC2)cc1. The second kappa shape index (κ2) is 10.4. The minimum Gasteiger partial charge on any atom is -0.497 e. The minimum atomic E-state index is -0.156. The van der Waals surface area contributed by atoms with E-state index >= 15 is 0 Å². The molecule has 5 rings (SSSR count). The van der Waals surface area contributed by atoms with Crippen molar-refractivity contribution in [2.75, 3.05) is 26.7 Å². The number of fused-ring (bicyclic) bond motifs is 1. The Morgan fingerprint density at radius 1 is 0.941 bits per heavy atom. The van der Waals surface area contributed by atoms with Gasteiger partial charge in [-0.15, -0.1) is 0 Å². The lowest BCUT2D eigenvalue weighted by atomic mass is 9.93. The van der Waals surface area contributed by atoms with Crippen molar-refractivity contribution < 1.29 is 9.13 Å². The first-order valence-electron chi connectivity index (χ1n) is 12.2. The van der Waals surface area contributed by atoms with Crippen LogP contribution in [-0.4, -0.2) is 41.2 Å². The highest BCUT2D eigenvalue weighted by Gasteiger charge is 2.22. The molecule has 0 radical (unpaired) electrons. The van der Waals surface area contributed by atoms with Gasteiger partial charge in [0.1, 0.15) is 17.4 Å². The lowest BCUT2D eigenvalue weighted by molar-refractivity contribution is 0.184. The number of para-hydroxylation sites is 2. The molecule has 1 aromatic heterocycles. The summed E-state index contributed by atoms with van der Waals surface area (Å²) in [6.07, 6.45) is 4.35. The van der Waals surface area contributed by atoms with Gasteiger partial charge in [0.15, 0.2) is 0 Å². The predicted molar refractivity (Wildman–Crippen MR) is 135 cm³/mol. The molecule has 1 saturated heterocycles. The summed E-state index contributed by atoms with van der Waals surface area (Å²) in [5.41, 5.74) is 4.13. The molecule has 0 N–H and O–H groups in total. The van der Waals surface area contributed by atoms with Crippen LogP contribution in [0, 0.1) is 11.7 Å². The number of piperidine rings is 1. The van der Waals surface area contributed by atoms with Crippen LogP contribution in [0.25, 0.3) is 11.0 Å². The van der Waals surface area contributed by atoms with E-state index in [4.69, 9.17) is 9.72 Å². The van der Waals surface area contributed by atoms with Gasteiger partial charge in [-0.3, -0.25) is 0 Å². The number of aromatic nitrogens is 2. The fraction of sp³-hybridized carbons (Fsp3) is 0.345. The Kier molecular flexibility index (Phi) is 6.91. The number of methoxy groups -OCH3 is 1. The predicted octanol–water partition coefficient (Wildman–Crippen LogP) is 5.73. The molecule has 0 atom stereocenters. The summed E-state index contributed by atoms with van der Waals surface area (Å²) in [6.45, 7) is 3.84. The van der Waals surface area contributed by atoms with Gasteiger partial charge in [-0.25, -0.2) is 9.37 Å². The Hall–Kier alpha value is -3.18. The summed E-state index contributed by atoms with van der Waals surface area (Å²) < 4.78 is 21.9. The van der Waals surface area contributed by atoms with Crippen molar-refractivity contribution >= 4 is 11.0 Å². The van der Waals surface area contributed by atoms with Crippen LogP contribution >= 0.6 is 0 Å². The Balaban J connectivity index is 1.22. The lowest BCUT2D eigenvalue weighted by Crippen LogP contribution is -2.36. The van der Waals surface area contributed by atoms with Crippen molar-refractivity contribution in [2.24, 2.45) is 5.92 Å². The van der Waals surface area contributed by atoms with Crippen LogP contribution in [0.1, 0.15) is 29.8 Å². The molecule has 0 unspecified atom stereocenters. The molecule has 4 nitrogen and oxygen atoms in total. The van der Waals surface area contributed by atoms with Gasteiger partial charge in [-0.2, -0.15) is 0 Å². The monoisotopic (exact) mass is 457 g/mol. The number of benzene rings is 3. The van der Waals surface area contributed by atoms with E-state index in [9.17, 15) is 4.39 Å². The summed E-state index contributed by atoms with van der Waals surface area (Å²) in [6, 6.07) is 23.6. The third kappa shape index (κ3) is 5.15. The summed E-state index contributed by atoms with van der Waals surface area (Å²) in [5, 5.41) is 0. The maximum Gasteiger partial charge on any atom is 0.128 e. The van der Waals surface area contributed by atoms with Crippen molar-refractivity contribution in [3.8, 4) is 5.75 Å². The zero-order chi connectivity index (χ0) is 23.3. The number of imidazole rings is 1. The van der Waals surface area contributed by atoms with Crippen LogP contribution in [0.2, 0.25) is 0 Å². The van der Waals surface area contributed by atoms with Crippen molar-refractivity contribution in [3.63, 3.8) is 0 Å². The van der Waals surface area contributed by atoms with Crippen LogP contribution < -0.4 is 4.74 Å². The number of rotatable bonds is 8. The molecule has 34 heavy (non-hydrogen) atoms. The van der Waals surface area contributed by atoms with Crippen LogP contribution in [0.5, 0.6) is 5.75 Å². The van der Waals surface area contributed by atoms with E-state index in [1.165, 1.54) is 24.5 Å². The van der Waals surface area contributed by atoms with Crippen LogP contribution in [0.3, 0.4) is 0 Å². The van der Waals surface area contributed by atoms with Crippen molar-refractivity contribution in [3.05, 3.63) is 95.6 Å². The third-order valence-corrected chi connectivity index (χ3v) is 7.07. The van der Waals surface area contributed by atoms with Gasteiger partial charge in [-0.05, 0) is 74.2 Å². The maximum atomic E-state index is 14.4. The molecule has 2 heterocycles. The second-order valence-electron chi connectivity index (χ2n) is 9.28. The lowest BCUT2D eigenvalue weighted by Gasteiger charge is -2.32. The average molecular weight is 458 g/mol. The fourth-order valence-electron chi connectivity index (χ4n) is 5.01. The smallest absolute Gasteiger partial charge is 0.128 e. The van der Waals surface area contributed by atoms with Crippen molar-refractivity contribution in [2.45, 2.75) is 32.2 Å². The molecule has 0 amide bonds. The number of hydrogen-bond donors (Lipinski definition) is 0. The normalized spacial score (nSPS) is 15.1. The molecular weight excluding hydrogens is 425 g/mol. The van der Waals surface area contributed by atoms with Crippen LogP contribution in [0.15, 0.2) is 72.8 Å². The highest BCUT2D eigenvalue weighted by molar-refractivity contribution is 5.76. The number of halogens is 1. The van der Waals surface area contributed by atoms with Gasteiger partial charge in [0.05, 0.1) is 24.7 Å². The number of ether oxygens (including phenoxy) is 1. The molecule has 0 spiro atoms. The van der Waals surface area contributed by atoms with Crippen LogP contribution in [0.4, 0.5) is 4.39 Å². The van der Waals surface area contributed by atoms with E-state index in [0.717, 1.165) is 55.1 Å². The van der Waals surface area contributed by atoms with Gasteiger partial charge < -0.3 is 14.2 Å². The molecule has 3 aromatic carbocycles. The molecule has 0 bridgehead atoms. The maximum absolute atomic E-state index is 14.4. The highest BCUT2D eigenvalue weighted by Crippen LogP contribution is 2.26. The summed E-state index contributed by atoms with van der Waals surface area (Å²) in [5.74, 6) is 2.43. The Labute approximate surface area is 201 Å². The third-order valence-electron chi connectivity index (χ3n) is 7.07. The van der Waals surface area contributed by atoms with Crippen molar-refractivity contribution in [1.29, 1.82) is 0 Å². The molecule has 0 saturated carbocycles. The molecule has 176 valence electrons. The average Bonchev–Trinajstić information content (AvgIpc) is 3.22. The Bertz CT molecular complexity index is 1230. The first-order chi connectivity index (χ1) is 16.7. The summed E-state index contributed by atoms with van der Waals surface area (Å²) in [7, 11) is 1.70. The van der Waals surface area contributed by atoms with Gasteiger partial charge >= 0.3 is 0 Å². The minimum absolute atomic E-state index is 0.156. The van der Waals surface area contributed by atoms with E-state index in [1.54, 1.807) is 13.2 Å². The number of nitrogens with zero attached hydrogens (tertiary/aromatic N) is 3. The zero-order valence-corrected chi connectivity index (χ0v) is 19.8. The fourth-order valence-corrected chi connectivity index (χ4v) is 5.01. The molecular formula is C29H32FN3O. The Morgan fingerprint density at radius 2 is 1.68 bits per heavy atom. The van der Waals surface area contributed by atoms with Gasteiger partial charge in [0.2, 0.25) is 0 Å². The van der Waals surface area contributed by atoms with E-state index in [-0.39, 0.29) is 5.82 Å². The quantitative estimate of drug-likeness (QED) is 0.339. The Morgan fingerprint density at radius 3 is 2.44 bits per heavy atom. The van der Waals surface area contributed by atoms with Gasteiger partial charge in [-0.1, -0.05) is 42.5 Å². The number of likely N-dealkylation sites (tertiary alicyclic amines) is 1. The van der Waals surface area contributed by atoms with E-state index < -0.39 is 0 Å². The van der Waals surface area contributed by atoms with Gasteiger partial charge in [0, 0.05) is 18.5 Å². The first kappa shape index (κ1) is 22.6.